The highest BCUT2D eigenvalue weighted by atomic mass is 35.5. The van der Waals surface area contributed by atoms with Gasteiger partial charge in [0.25, 0.3) is 0 Å². The Labute approximate surface area is 195 Å². The van der Waals surface area contributed by atoms with Crippen molar-refractivity contribution in [1.82, 2.24) is 14.8 Å². The molecular formula is C22H23ClN4O4S. The standard InChI is InChI=1S/C22H23ClN4O4S/c1-29-12-9-27-21(15-3-5-16(23)6-4-15)25-26-22(27)32-14-20(28)24-17-7-8-18-19(13-17)31-11-2-10-30-18/h3-8,13H,2,9-12,14H2,1H3,(H,24,28). The Morgan fingerprint density at radius 1 is 1.16 bits per heavy atom. The van der Waals surface area contributed by atoms with E-state index < -0.39 is 0 Å². The van der Waals surface area contributed by atoms with Gasteiger partial charge in [0.15, 0.2) is 22.5 Å². The van der Waals surface area contributed by atoms with Gasteiger partial charge in [-0.3, -0.25) is 9.36 Å². The van der Waals surface area contributed by atoms with Crippen LogP contribution in [0.15, 0.2) is 47.6 Å². The molecule has 168 valence electrons. The largest absolute Gasteiger partial charge is 0.490 e. The molecule has 1 N–H and O–H groups in total. The molecule has 0 spiro atoms. The van der Waals surface area contributed by atoms with Crippen molar-refractivity contribution in [3.63, 3.8) is 0 Å². The number of thioether (sulfide) groups is 1. The van der Waals surface area contributed by atoms with Gasteiger partial charge in [0, 0.05) is 35.9 Å². The smallest absolute Gasteiger partial charge is 0.234 e. The van der Waals surface area contributed by atoms with Crippen molar-refractivity contribution >= 4 is 35.0 Å². The lowest BCUT2D eigenvalue weighted by Crippen LogP contribution is -2.15. The molecule has 3 aromatic rings. The number of aromatic nitrogens is 3. The quantitative estimate of drug-likeness (QED) is 0.491. The molecule has 1 aliphatic heterocycles. The topological polar surface area (TPSA) is 87.5 Å². The van der Waals surface area contributed by atoms with E-state index in [1.807, 2.05) is 34.9 Å². The molecule has 0 unspecified atom stereocenters. The first-order valence-electron chi connectivity index (χ1n) is 10.1. The third-order valence-corrected chi connectivity index (χ3v) is 5.92. The Balaban J connectivity index is 1.43. The van der Waals surface area contributed by atoms with Crippen LogP contribution in [0.2, 0.25) is 5.02 Å². The Morgan fingerprint density at radius 3 is 2.72 bits per heavy atom. The summed E-state index contributed by atoms with van der Waals surface area (Å²) in [7, 11) is 1.64. The van der Waals surface area contributed by atoms with E-state index in [1.54, 1.807) is 19.2 Å². The Bertz CT molecular complexity index is 1070. The number of rotatable bonds is 8. The molecule has 0 bridgehead atoms. The first kappa shape index (κ1) is 22.4. The second kappa shape index (κ2) is 10.7. The maximum absolute atomic E-state index is 12.6. The van der Waals surface area contributed by atoms with Gasteiger partial charge in [-0.05, 0) is 36.4 Å². The minimum atomic E-state index is -0.154. The highest BCUT2D eigenvalue weighted by Crippen LogP contribution is 2.32. The first-order chi connectivity index (χ1) is 15.6. The van der Waals surface area contributed by atoms with Crippen LogP contribution >= 0.6 is 23.4 Å². The molecule has 32 heavy (non-hydrogen) atoms. The number of nitrogens with zero attached hydrogens (tertiary/aromatic N) is 3. The number of amides is 1. The Kier molecular flexibility index (Phi) is 7.51. The molecule has 0 radical (unpaired) electrons. The van der Waals surface area contributed by atoms with Gasteiger partial charge in [0.1, 0.15) is 0 Å². The number of halogens is 1. The number of carbonyl (C=O) groups excluding carboxylic acids is 1. The van der Waals surface area contributed by atoms with E-state index in [2.05, 4.69) is 15.5 Å². The molecule has 0 fully saturated rings. The third-order valence-electron chi connectivity index (χ3n) is 4.70. The van der Waals surface area contributed by atoms with Gasteiger partial charge in [0.2, 0.25) is 5.91 Å². The van der Waals surface area contributed by atoms with Crippen molar-refractivity contribution in [2.75, 3.05) is 38.0 Å². The third kappa shape index (κ3) is 5.53. The average Bonchev–Trinajstić information content (AvgIpc) is 3.05. The molecular weight excluding hydrogens is 452 g/mol. The summed E-state index contributed by atoms with van der Waals surface area (Å²) < 4.78 is 18.5. The van der Waals surface area contributed by atoms with Crippen LogP contribution in [0.5, 0.6) is 11.5 Å². The van der Waals surface area contributed by atoms with Gasteiger partial charge in [0.05, 0.1) is 32.1 Å². The van der Waals surface area contributed by atoms with Gasteiger partial charge < -0.3 is 19.5 Å². The summed E-state index contributed by atoms with van der Waals surface area (Å²) in [5.41, 5.74) is 1.55. The fourth-order valence-electron chi connectivity index (χ4n) is 3.16. The van der Waals surface area contributed by atoms with Crippen molar-refractivity contribution < 1.29 is 19.0 Å². The number of fused-ring (bicyclic) bond motifs is 1. The summed E-state index contributed by atoms with van der Waals surface area (Å²) >= 11 is 7.32. The average molecular weight is 475 g/mol. The van der Waals surface area contributed by atoms with Gasteiger partial charge in [-0.2, -0.15) is 0 Å². The summed E-state index contributed by atoms with van der Waals surface area (Å²) in [6.07, 6.45) is 0.828. The zero-order chi connectivity index (χ0) is 22.3. The second-order valence-electron chi connectivity index (χ2n) is 7.01. The van der Waals surface area contributed by atoms with Crippen molar-refractivity contribution in [3.05, 3.63) is 47.5 Å². The summed E-state index contributed by atoms with van der Waals surface area (Å²) in [5, 5.41) is 12.8. The van der Waals surface area contributed by atoms with Crippen LogP contribution in [-0.4, -0.2) is 53.4 Å². The molecule has 4 rings (SSSR count). The van der Waals surface area contributed by atoms with Crippen LogP contribution < -0.4 is 14.8 Å². The van der Waals surface area contributed by atoms with Crippen LogP contribution in [0.1, 0.15) is 6.42 Å². The highest BCUT2D eigenvalue weighted by molar-refractivity contribution is 7.99. The van der Waals surface area contributed by atoms with Crippen molar-refractivity contribution in [2.24, 2.45) is 0 Å². The normalized spacial score (nSPS) is 12.9. The van der Waals surface area contributed by atoms with Crippen molar-refractivity contribution in [1.29, 1.82) is 0 Å². The van der Waals surface area contributed by atoms with E-state index in [0.717, 1.165) is 12.0 Å². The van der Waals surface area contributed by atoms with E-state index in [1.165, 1.54) is 11.8 Å². The highest BCUT2D eigenvalue weighted by Gasteiger charge is 2.17. The minimum absolute atomic E-state index is 0.154. The zero-order valence-electron chi connectivity index (χ0n) is 17.5. The molecule has 0 saturated heterocycles. The molecule has 0 aliphatic carbocycles. The van der Waals surface area contributed by atoms with E-state index in [-0.39, 0.29) is 11.7 Å². The number of anilines is 1. The van der Waals surface area contributed by atoms with Crippen LogP contribution in [0.4, 0.5) is 5.69 Å². The van der Waals surface area contributed by atoms with Gasteiger partial charge >= 0.3 is 0 Å². The number of methoxy groups -OCH3 is 1. The molecule has 1 amide bonds. The minimum Gasteiger partial charge on any atom is -0.490 e. The van der Waals surface area contributed by atoms with Crippen LogP contribution in [0.25, 0.3) is 11.4 Å². The molecule has 0 saturated carbocycles. The number of hydrogen-bond donors (Lipinski definition) is 1. The van der Waals surface area contributed by atoms with Gasteiger partial charge in [-0.1, -0.05) is 23.4 Å². The lowest BCUT2D eigenvalue weighted by atomic mass is 10.2. The molecule has 1 aliphatic rings. The maximum Gasteiger partial charge on any atom is 0.234 e. The van der Waals surface area contributed by atoms with Crippen molar-refractivity contribution in [3.8, 4) is 22.9 Å². The van der Waals surface area contributed by atoms with Crippen LogP contribution in [0, 0.1) is 0 Å². The zero-order valence-corrected chi connectivity index (χ0v) is 19.1. The lowest BCUT2D eigenvalue weighted by molar-refractivity contribution is -0.113. The molecule has 1 aromatic heterocycles. The molecule has 2 heterocycles. The monoisotopic (exact) mass is 474 g/mol. The summed E-state index contributed by atoms with van der Waals surface area (Å²) in [6, 6.07) is 12.8. The SMILES string of the molecule is COCCn1c(SCC(=O)Nc2ccc3c(c2)OCCCO3)nnc1-c1ccc(Cl)cc1. The Morgan fingerprint density at radius 2 is 1.94 bits per heavy atom. The Hall–Kier alpha value is -2.75. The van der Waals surface area contributed by atoms with Crippen molar-refractivity contribution in [2.45, 2.75) is 18.1 Å². The number of nitrogens with one attached hydrogen (secondary N) is 1. The summed E-state index contributed by atoms with van der Waals surface area (Å²) in [6.45, 7) is 2.27. The fourth-order valence-corrected chi connectivity index (χ4v) is 4.05. The first-order valence-corrected chi connectivity index (χ1v) is 11.5. The summed E-state index contributed by atoms with van der Waals surface area (Å²) in [4.78, 5) is 12.6. The predicted octanol–water partition coefficient (Wildman–Crippen LogP) is 4.14. The van der Waals surface area contributed by atoms with E-state index in [9.17, 15) is 4.79 Å². The van der Waals surface area contributed by atoms with Crippen LogP contribution in [0.3, 0.4) is 0 Å². The number of ether oxygens (including phenoxy) is 3. The predicted molar refractivity (Wildman–Crippen MR) is 124 cm³/mol. The van der Waals surface area contributed by atoms with Gasteiger partial charge in [-0.15, -0.1) is 10.2 Å². The fraction of sp³-hybridized carbons (Fsp3) is 0.318. The molecule has 10 heteroatoms. The van der Waals surface area contributed by atoms with E-state index in [4.69, 9.17) is 25.8 Å². The molecule has 8 nitrogen and oxygen atoms in total. The number of carbonyl (C=O) groups is 1. The second-order valence-corrected chi connectivity index (χ2v) is 8.39. The summed E-state index contributed by atoms with van der Waals surface area (Å²) in [5.74, 6) is 2.05. The number of benzene rings is 2. The van der Waals surface area contributed by atoms with Gasteiger partial charge in [-0.25, -0.2) is 0 Å². The van der Waals surface area contributed by atoms with Crippen LogP contribution in [-0.2, 0) is 16.1 Å². The van der Waals surface area contributed by atoms with E-state index >= 15 is 0 Å². The lowest BCUT2D eigenvalue weighted by Gasteiger charge is -2.11. The molecule has 0 atom stereocenters. The number of hydrogen-bond acceptors (Lipinski definition) is 7. The van der Waals surface area contributed by atoms with E-state index in [0.29, 0.717) is 59.6 Å². The molecule has 2 aromatic carbocycles. The maximum atomic E-state index is 12.6.